The Bertz CT molecular complexity index is 1080. The van der Waals surface area contributed by atoms with Gasteiger partial charge in [0, 0.05) is 36.3 Å². The highest BCUT2D eigenvalue weighted by Gasteiger charge is 2.32. The molecule has 0 saturated carbocycles. The monoisotopic (exact) mass is 379 g/mol. The van der Waals surface area contributed by atoms with E-state index in [1.54, 1.807) is 17.0 Å². The number of fused-ring (bicyclic) bond motifs is 1. The first-order chi connectivity index (χ1) is 13.1. The number of hydrogen-bond acceptors (Lipinski definition) is 3. The fourth-order valence-corrected chi connectivity index (χ4v) is 4.18. The van der Waals surface area contributed by atoms with Gasteiger partial charge in [-0.2, -0.15) is 0 Å². The van der Waals surface area contributed by atoms with Crippen molar-refractivity contribution in [2.45, 2.75) is 6.92 Å². The van der Waals surface area contributed by atoms with Crippen LogP contribution in [0.1, 0.15) is 12.5 Å². The van der Waals surface area contributed by atoms with E-state index < -0.39 is 0 Å². The van der Waals surface area contributed by atoms with Crippen LogP contribution < -0.4 is 0 Å². The number of hydrogen-bond donors (Lipinski definition) is 0. The summed E-state index contributed by atoms with van der Waals surface area (Å²) in [5.41, 5.74) is 2.74. The molecule has 1 aliphatic rings. The molecule has 1 aromatic heterocycles. The van der Waals surface area contributed by atoms with E-state index in [-0.39, 0.29) is 11.7 Å². The average molecular weight is 379 g/mol. The van der Waals surface area contributed by atoms with Crippen molar-refractivity contribution in [3.8, 4) is 0 Å². The second-order valence-electron chi connectivity index (χ2n) is 6.24. The van der Waals surface area contributed by atoms with E-state index in [0.29, 0.717) is 22.3 Å². The fourth-order valence-electron chi connectivity index (χ4n) is 3.13. The number of carbonyl (C=O) groups excluding carboxylic acids is 1. The lowest BCUT2D eigenvalue weighted by Gasteiger charge is -2.11. The second-order valence-corrected chi connectivity index (χ2v) is 7.25. The minimum absolute atomic E-state index is 0.0590. The molecule has 1 fully saturated rings. The molecule has 2 heterocycles. The van der Waals surface area contributed by atoms with Crippen LogP contribution in [0.15, 0.2) is 64.6 Å². The van der Waals surface area contributed by atoms with E-state index >= 15 is 0 Å². The molecule has 1 aliphatic heterocycles. The number of aromatic nitrogens is 1. The molecule has 2 aromatic carbocycles. The number of amides is 1. The third-order valence-electron chi connectivity index (χ3n) is 4.47. The van der Waals surface area contributed by atoms with Crippen molar-refractivity contribution in [1.82, 2.24) is 9.47 Å². The van der Waals surface area contributed by atoms with Gasteiger partial charge < -0.3 is 4.57 Å². The number of likely N-dealkylation sites (N-methyl/N-ethyl adjacent to an activating group) is 1. The summed E-state index contributed by atoms with van der Waals surface area (Å²) in [6.07, 6.45) is 3.95. The lowest BCUT2D eigenvalue weighted by Crippen LogP contribution is -2.28. The van der Waals surface area contributed by atoms with Gasteiger partial charge in [0.15, 0.2) is 5.17 Å². The Balaban J connectivity index is 1.72. The van der Waals surface area contributed by atoms with E-state index in [4.69, 9.17) is 0 Å². The highest BCUT2D eigenvalue weighted by molar-refractivity contribution is 8.18. The highest BCUT2D eigenvalue weighted by atomic mass is 32.2. The van der Waals surface area contributed by atoms with Crippen LogP contribution in [0.5, 0.6) is 0 Å². The SMILES string of the molecule is CCN1C(=O)/C(=C\c2cn(C)c3ccccc23)SC1=Nc1ccc(F)cc1. The van der Waals surface area contributed by atoms with Crippen LogP contribution in [-0.4, -0.2) is 27.1 Å². The predicted molar refractivity (Wildman–Crippen MR) is 109 cm³/mol. The lowest BCUT2D eigenvalue weighted by atomic mass is 10.1. The first-order valence-corrected chi connectivity index (χ1v) is 9.48. The van der Waals surface area contributed by atoms with Crippen molar-refractivity contribution in [2.75, 3.05) is 6.54 Å². The first kappa shape index (κ1) is 17.5. The molecule has 0 spiro atoms. The predicted octanol–water partition coefficient (Wildman–Crippen LogP) is 4.94. The molecule has 0 bridgehead atoms. The van der Waals surface area contributed by atoms with Crippen molar-refractivity contribution < 1.29 is 9.18 Å². The number of carbonyl (C=O) groups is 1. The smallest absolute Gasteiger partial charge is 0.266 e. The molecule has 6 heteroatoms. The fraction of sp³-hybridized carbons (Fsp3) is 0.143. The minimum atomic E-state index is -0.307. The standard InChI is InChI=1S/C21H18FN3OS/c1-3-25-20(26)19(27-21(25)23-16-10-8-15(22)9-11-16)12-14-13-24(2)18-7-5-4-6-17(14)18/h4-13H,3H2,1-2H3/b19-12+,23-21?. The van der Waals surface area contributed by atoms with E-state index in [0.717, 1.165) is 16.5 Å². The third kappa shape index (κ3) is 3.28. The molecule has 1 saturated heterocycles. The number of aliphatic imine (C=N–C) groups is 1. The van der Waals surface area contributed by atoms with Gasteiger partial charge in [0.05, 0.1) is 10.6 Å². The van der Waals surface area contributed by atoms with E-state index in [2.05, 4.69) is 21.7 Å². The number of nitrogens with zero attached hydrogens (tertiary/aromatic N) is 3. The Kier molecular flexibility index (Phi) is 4.58. The number of para-hydroxylation sites is 1. The van der Waals surface area contributed by atoms with Gasteiger partial charge in [-0.25, -0.2) is 9.38 Å². The minimum Gasteiger partial charge on any atom is -0.350 e. The summed E-state index contributed by atoms with van der Waals surface area (Å²) < 4.78 is 15.2. The topological polar surface area (TPSA) is 37.6 Å². The molecule has 1 amide bonds. The number of benzene rings is 2. The van der Waals surface area contributed by atoms with Crippen LogP contribution in [0.3, 0.4) is 0 Å². The quantitative estimate of drug-likeness (QED) is 0.605. The third-order valence-corrected chi connectivity index (χ3v) is 5.48. The zero-order valence-electron chi connectivity index (χ0n) is 15.0. The zero-order valence-corrected chi connectivity index (χ0v) is 15.8. The Morgan fingerprint density at radius 3 is 2.63 bits per heavy atom. The summed E-state index contributed by atoms with van der Waals surface area (Å²) in [4.78, 5) is 19.6. The Hall–Kier alpha value is -2.86. The van der Waals surface area contributed by atoms with Crippen molar-refractivity contribution in [3.63, 3.8) is 0 Å². The van der Waals surface area contributed by atoms with Crippen LogP contribution in [0.25, 0.3) is 17.0 Å². The highest BCUT2D eigenvalue weighted by Crippen LogP contribution is 2.35. The maximum absolute atomic E-state index is 13.1. The summed E-state index contributed by atoms with van der Waals surface area (Å²) >= 11 is 1.35. The molecule has 0 atom stereocenters. The normalized spacial score (nSPS) is 17.6. The largest absolute Gasteiger partial charge is 0.350 e. The number of amidine groups is 1. The van der Waals surface area contributed by atoms with Gasteiger partial charge in [-0.3, -0.25) is 9.69 Å². The number of halogens is 1. The zero-order chi connectivity index (χ0) is 19.0. The molecule has 0 unspecified atom stereocenters. The van der Waals surface area contributed by atoms with Gasteiger partial charge in [-0.15, -0.1) is 0 Å². The van der Waals surface area contributed by atoms with Crippen molar-refractivity contribution in [3.05, 3.63) is 71.0 Å². The van der Waals surface area contributed by atoms with Gasteiger partial charge in [-0.1, -0.05) is 18.2 Å². The van der Waals surface area contributed by atoms with E-state index in [1.807, 2.05) is 38.4 Å². The molecule has 27 heavy (non-hydrogen) atoms. The Labute approximate surface area is 161 Å². The van der Waals surface area contributed by atoms with Crippen molar-refractivity contribution in [1.29, 1.82) is 0 Å². The number of aryl methyl sites for hydroxylation is 1. The molecular weight excluding hydrogens is 361 g/mol. The van der Waals surface area contributed by atoms with E-state index in [9.17, 15) is 9.18 Å². The maximum atomic E-state index is 13.1. The average Bonchev–Trinajstić information content (AvgIpc) is 3.14. The van der Waals surface area contributed by atoms with Crippen molar-refractivity contribution >= 4 is 45.5 Å². The van der Waals surface area contributed by atoms with Crippen LogP contribution in [0.4, 0.5) is 10.1 Å². The second kappa shape index (κ2) is 7.04. The van der Waals surface area contributed by atoms with Gasteiger partial charge in [0.25, 0.3) is 5.91 Å². The van der Waals surface area contributed by atoms with Gasteiger partial charge in [0.2, 0.25) is 0 Å². The number of rotatable bonds is 3. The summed E-state index contributed by atoms with van der Waals surface area (Å²) in [6, 6.07) is 14.0. The molecule has 136 valence electrons. The summed E-state index contributed by atoms with van der Waals surface area (Å²) in [5.74, 6) is -0.366. The molecule has 0 radical (unpaired) electrons. The Morgan fingerprint density at radius 1 is 1.15 bits per heavy atom. The van der Waals surface area contributed by atoms with E-state index in [1.165, 1.54) is 23.9 Å². The van der Waals surface area contributed by atoms with Crippen molar-refractivity contribution in [2.24, 2.45) is 12.0 Å². The molecule has 4 rings (SSSR count). The molecule has 0 aliphatic carbocycles. The summed E-state index contributed by atoms with van der Waals surface area (Å²) in [7, 11) is 1.99. The summed E-state index contributed by atoms with van der Waals surface area (Å²) in [5, 5.41) is 1.72. The molecule has 4 nitrogen and oxygen atoms in total. The van der Waals surface area contributed by atoms with Crippen LogP contribution in [0.2, 0.25) is 0 Å². The first-order valence-electron chi connectivity index (χ1n) is 8.66. The van der Waals surface area contributed by atoms with Gasteiger partial charge >= 0.3 is 0 Å². The lowest BCUT2D eigenvalue weighted by molar-refractivity contribution is -0.122. The van der Waals surface area contributed by atoms with Crippen LogP contribution in [-0.2, 0) is 11.8 Å². The molecule has 0 N–H and O–H groups in total. The van der Waals surface area contributed by atoms with Crippen LogP contribution in [0, 0.1) is 5.82 Å². The van der Waals surface area contributed by atoms with Gasteiger partial charge in [-0.05, 0) is 55.1 Å². The Morgan fingerprint density at radius 2 is 1.89 bits per heavy atom. The summed E-state index contributed by atoms with van der Waals surface area (Å²) in [6.45, 7) is 2.44. The van der Waals surface area contributed by atoms with Gasteiger partial charge in [0.1, 0.15) is 5.82 Å². The van der Waals surface area contributed by atoms with Crippen LogP contribution >= 0.6 is 11.8 Å². The number of thioether (sulfide) groups is 1. The molecular formula is C21H18FN3OS. The maximum Gasteiger partial charge on any atom is 0.266 e. The molecule has 3 aromatic rings.